The minimum atomic E-state index is -0.290. The van der Waals surface area contributed by atoms with Gasteiger partial charge in [0.1, 0.15) is 0 Å². The van der Waals surface area contributed by atoms with Gasteiger partial charge in [0.25, 0.3) is 0 Å². The maximum absolute atomic E-state index is 13.0. The summed E-state index contributed by atoms with van der Waals surface area (Å²) in [6.45, 7) is 3.40. The van der Waals surface area contributed by atoms with E-state index in [4.69, 9.17) is 17.3 Å². The second kappa shape index (κ2) is 8.78. The Morgan fingerprint density at radius 1 is 1.03 bits per heavy atom. The first-order valence-corrected chi connectivity index (χ1v) is 10.9. The van der Waals surface area contributed by atoms with Gasteiger partial charge in [0.2, 0.25) is 11.8 Å². The van der Waals surface area contributed by atoms with Crippen molar-refractivity contribution in [1.29, 1.82) is 0 Å². The van der Waals surface area contributed by atoms with Crippen molar-refractivity contribution in [2.45, 2.75) is 19.3 Å². The van der Waals surface area contributed by atoms with Crippen LogP contribution < -0.4 is 5.73 Å². The molecule has 0 bridgehead atoms. The number of nitrogens with two attached hydrogens (primary N) is 1. The lowest BCUT2D eigenvalue weighted by Gasteiger charge is -2.29. The Balaban J connectivity index is 1.47. The van der Waals surface area contributed by atoms with Gasteiger partial charge in [0, 0.05) is 36.6 Å². The number of primary amides is 1. The van der Waals surface area contributed by atoms with Crippen LogP contribution in [0.4, 0.5) is 0 Å². The molecule has 2 amide bonds. The molecule has 2 saturated heterocycles. The fraction of sp³-hybridized carbons (Fsp3) is 0.417. The lowest BCUT2D eigenvalue weighted by Crippen LogP contribution is -2.40. The number of likely N-dealkylation sites (tertiary alicyclic amines) is 2. The Morgan fingerprint density at radius 3 is 2.53 bits per heavy atom. The smallest absolute Gasteiger partial charge is 0.231 e. The van der Waals surface area contributed by atoms with Gasteiger partial charge in [0.05, 0.1) is 13.0 Å². The molecule has 0 radical (unpaired) electrons. The number of rotatable bonds is 7. The molecule has 0 aromatic heterocycles. The van der Waals surface area contributed by atoms with E-state index in [-0.39, 0.29) is 17.2 Å². The topological polar surface area (TPSA) is 66.6 Å². The van der Waals surface area contributed by atoms with Crippen molar-refractivity contribution in [3.8, 4) is 0 Å². The first-order chi connectivity index (χ1) is 14.4. The van der Waals surface area contributed by atoms with Crippen LogP contribution in [0.5, 0.6) is 0 Å². The fourth-order valence-electron chi connectivity index (χ4n) is 5.15. The van der Waals surface area contributed by atoms with Crippen LogP contribution in [0.1, 0.15) is 17.5 Å². The molecular weight excluding hydrogens is 398 g/mol. The van der Waals surface area contributed by atoms with Crippen molar-refractivity contribution in [2.75, 3.05) is 32.7 Å². The molecule has 2 aliphatic rings. The molecule has 2 fully saturated rings. The minimum absolute atomic E-state index is 0.00921. The average Bonchev–Trinajstić information content (AvgIpc) is 3.20. The molecule has 30 heavy (non-hydrogen) atoms. The highest BCUT2D eigenvalue weighted by Crippen LogP contribution is 2.45. The van der Waals surface area contributed by atoms with Crippen molar-refractivity contribution in [3.63, 3.8) is 0 Å². The van der Waals surface area contributed by atoms with E-state index in [1.54, 1.807) is 0 Å². The van der Waals surface area contributed by atoms with E-state index >= 15 is 0 Å². The van der Waals surface area contributed by atoms with Crippen molar-refractivity contribution in [2.24, 2.45) is 17.1 Å². The van der Waals surface area contributed by atoms with Crippen LogP contribution in [0.25, 0.3) is 0 Å². The summed E-state index contributed by atoms with van der Waals surface area (Å²) in [6.07, 6.45) is 2.34. The van der Waals surface area contributed by atoms with Gasteiger partial charge in [-0.25, -0.2) is 0 Å². The van der Waals surface area contributed by atoms with Crippen LogP contribution in [0.2, 0.25) is 5.02 Å². The third-order valence-electron chi connectivity index (χ3n) is 6.56. The number of nitrogens with zero attached hydrogens (tertiary/aromatic N) is 2. The molecule has 2 aliphatic heterocycles. The normalized spacial score (nSPS) is 23.5. The number of fused-ring (bicyclic) bond motifs is 1. The van der Waals surface area contributed by atoms with Crippen molar-refractivity contribution in [3.05, 3.63) is 70.7 Å². The predicted octanol–water partition coefficient (Wildman–Crippen LogP) is 2.76. The number of hydrogen-bond donors (Lipinski definition) is 1. The molecule has 0 unspecified atom stereocenters. The van der Waals surface area contributed by atoms with Crippen molar-refractivity contribution < 1.29 is 9.59 Å². The summed E-state index contributed by atoms with van der Waals surface area (Å²) < 4.78 is 0. The number of halogens is 1. The Labute approximate surface area is 182 Å². The lowest BCUT2D eigenvalue weighted by molar-refractivity contribution is -0.130. The number of carbonyl (C=O) groups is 2. The molecule has 5 nitrogen and oxygen atoms in total. The zero-order chi connectivity index (χ0) is 21.1. The Kier molecular flexibility index (Phi) is 6.11. The zero-order valence-electron chi connectivity index (χ0n) is 17.1. The predicted molar refractivity (Wildman–Crippen MR) is 118 cm³/mol. The number of hydrogen-bond acceptors (Lipinski definition) is 3. The summed E-state index contributed by atoms with van der Waals surface area (Å²) >= 11 is 6.08. The summed E-state index contributed by atoms with van der Waals surface area (Å²) in [4.78, 5) is 28.7. The Hall–Kier alpha value is -2.37. The second-order valence-corrected chi connectivity index (χ2v) is 9.20. The van der Waals surface area contributed by atoms with Crippen LogP contribution in [0, 0.1) is 11.3 Å². The van der Waals surface area contributed by atoms with Crippen LogP contribution in [-0.2, 0) is 22.4 Å². The second-order valence-electron chi connectivity index (χ2n) is 8.76. The van der Waals surface area contributed by atoms with Gasteiger partial charge in [-0.2, -0.15) is 0 Å². The first kappa shape index (κ1) is 20.9. The molecule has 2 aromatic carbocycles. The Bertz CT molecular complexity index is 920. The zero-order valence-corrected chi connectivity index (χ0v) is 17.9. The molecule has 2 heterocycles. The van der Waals surface area contributed by atoms with E-state index in [9.17, 15) is 9.59 Å². The summed E-state index contributed by atoms with van der Waals surface area (Å²) in [7, 11) is 0. The van der Waals surface area contributed by atoms with Gasteiger partial charge < -0.3 is 10.6 Å². The SMILES string of the molecule is NC(=O)CN1C[C@H]2CN(C(=O)Cc3cccc(Cl)c3)C[C@@]2(CCc2ccccc2)C1. The molecule has 0 spiro atoms. The number of aryl methyl sites for hydroxylation is 1. The maximum atomic E-state index is 13.0. The average molecular weight is 426 g/mol. The quantitative estimate of drug-likeness (QED) is 0.741. The van der Waals surface area contributed by atoms with E-state index in [0.29, 0.717) is 23.9 Å². The Morgan fingerprint density at radius 2 is 1.80 bits per heavy atom. The lowest BCUT2D eigenvalue weighted by atomic mass is 9.76. The van der Waals surface area contributed by atoms with Gasteiger partial charge in [0.15, 0.2) is 0 Å². The summed E-state index contributed by atoms with van der Waals surface area (Å²) in [5.74, 6) is 0.221. The minimum Gasteiger partial charge on any atom is -0.369 e. The fourth-order valence-corrected chi connectivity index (χ4v) is 5.36. The molecule has 0 aliphatic carbocycles. The standard InChI is InChI=1S/C24H28ClN3O2/c25-21-8-4-7-19(11-21)12-23(30)28-14-20-13-27(15-22(26)29)16-24(20,17-28)10-9-18-5-2-1-3-6-18/h1-8,11,20H,9-10,12-17H2,(H2,26,29)/t20-,24+/m0/s1. The van der Waals surface area contributed by atoms with Crippen LogP contribution in [-0.4, -0.2) is 54.3 Å². The number of carbonyl (C=O) groups excluding carboxylic acids is 2. The van der Waals surface area contributed by atoms with E-state index in [1.165, 1.54) is 5.56 Å². The third-order valence-corrected chi connectivity index (χ3v) is 6.80. The summed E-state index contributed by atoms with van der Waals surface area (Å²) in [5.41, 5.74) is 7.71. The van der Waals surface area contributed by atoms with Crippen molar-refractivity contribution in [1.82, 2.24) is 9.80 Å². The largest absolute Gasteiger partial charge is 0.369 e. The summed E-state index contributed by atoms with van der Waals surface area (Å²) in [6, 6.07) is 18.0. The third kappa shape index (κ3) is 4.68. The molecule has 0 saturated carbocycles. The highest BCUT2D eigenvalue weighted by Gasteiger charge is 2.52. The van der Waals surface area contributed by atoms with E-state index in [2.05, 4.69) is 29.2 Å². The van der Waals surface area contributed by atoms with Crippen LogP contribution >= 0.6 is 11.6 Å². The molecule has 2 N–H and O–H groups in total. The van der Waals surface area contributed by atoms with Gasteiger partial charge in [-0.15, -0.1) is 0 Å². The van der Waals surface area contributed by atoms with Crippen LogP contribution in [0.15, 0.2) is 54.6 Å². The van der Waals surface area contributed by atoms with Crippen molar-refractivity contribution >= 4 is 23.4 Å². The van der Waals surface area contributed by atoms with E-state index in [0.717, 1.165) is 44.6 Å². The highest BCUT2D eigenvalue weighted by molar-refractivity contribution is 6.30. The molecule has 6 heteroatoms. The monoisotopic (exact) mass is 425 g/mol. The molecule has 2 aromatic rings. The van der Waals surface area contributed by atoms with Gasteiger partial charge in [-0.05, 0) is 42.0 Å². The summed E-state index contributed by atoms with van der Waals surface area (Å²) in [5, 5.41) is 0.653. The van der Waals surface area contributed by atoms with Crippen LogP contribution in [0.3, 0.4) is 0 Å². The van der Waals surface area contributed by atoms with E-state index in [1.807, 2.05) is 35.2 Å². The van der Waals surface area contributed by atoms with Gasteiger partial charge >= 0.3 is 0 Å². The van der Waals surface area contributed by atoms with Gasteiger partial charge in [-0.1, -0.05) is 54.1 Å². The molecule has 158 valence electrons. The molecular formula is C24H28ClN3O2. The molecule has 4 rings (SSSR count). The van der Waals surface area contributed by atoms with E-state index < -0.39 is 0 Å². The highest BCUT2D eigenvalue weighted by atomic mass is 35.5. The number of amides is 2. The maximum Gasteiger partial charge on any atom is 0.231 e. The molecule has 2 atom stereocenters. The first-order valence-electron chi connectivity index (χ1n) is 10.5. The number of benzene rings is 2. The van der Waals surface area contributed by atoms with Gasteiger partial charge in [-0.3, -0.25) is 14.5 Å².